The monoisotopic (exact) mass is 412 g/mol. The number of rotatable bonds is 8. The Kier molecular flexibility index (Phi) is 5.67. The Morgan fingerprint density at radius 2 is 2.14 bits per heavy atom. The predicted octanol–water partition coefficient (Wildman–Crippen LogP) is 3.09. The Morgan fingerprint density at radius 1 is 1.24 bits per heavy atom. The average Bonchev–Trinajstić information content (AvgIpc) is 3.50. The van der Waals surface area contributed by atoms with E-state index >= 15 is 0 Å². The van der Waals surface area contributed by atoms with Crippen molar-refractivity contribution in [3.8, 4) is 29.0 Å². The van der Waals surface area contributed by atoms with E-state index in [-0.39, 0.29) is 30.1 Å². The minimum Gasteiger partial charge on any atom is -0.467 e. The van der Waals surface area contributed by atoms with Crippen LogP contribution in [0.1, 0.15) is 12.2 Å². The molecule has 0 fully saturated rings. The van der Waals surface area contributed by atoms with Gasteiger partial charge in [-0.1, -0.05) is 11.8 Å². The molecule has 9 nitrogen and oxygen atoms in total. The van der Waals surface area contributed by atoms with Crippen LogP contribution >= 0.6 is 11.8 Å². The second-order valence-electron chi connectivity index (χ2n) is 6.03. The molecule has 0 aliphatic carbocycles. The summed E-state index contributed by atoms with van der Waals surface area (Å²) in [7, 11) is 0. The molecule has 0 spiro atoms. The van der Waals surface area contributed by atoms with E-state index in [0.29, 0.717) is 41.8 Å². The van der Waals surface area contributed by atoms with Gasteiger partial charge >= 0.3 is 0 Å². The second-order valence-corrected chi connectivity index (χ2v) is 6.96. The highest BCUT2D eigenvalue weighted by Crippen LogP contribution is 2.36. The van der Waals surface area contributed by atoms with E-state index in [2.05, 4.69) is 16.3 Å². The van der Waals surface area contributed by atoms with Crippen molar-refractivity contribution in [1.29, 1.82) is 5.26 Å². The third kappa shape index (κ3) is 4.52. The molecule has 1 aliphatic heterocycles. The fourth-order valence-electron chi connectivity index (χ4n) is 2.70. The van der Waals surface area contributed by atoms with Gasteiger partial charge in [0.25, 0.3) is 5.22 Å². The summed E-state index contributed by atoms with van der Waals surface area (Å²) in [4.78, 5) is 14.2. The first-order chi connectivity index (χ1) is 14.2. The molecular weight excluding hydrogens is 396 g/mol. The second kappa shape index (κ2) is 8.70. The van der Waals surface area contributed by atoms with Gasteiger partial charge in [-0.15, -0.1) is 10.2 Å². The van der Waals surface area contributed by atoms with Crippen LogP contribution in [0.2, 0.25) is 0 Å². The van der Waals surface area contributed by atoms with E-state index in [0.717, 1.165) is 11.8 Å². The number of carbonyl (C=O) groups is 1. The molecule has 1 aromatic carbocycles. The highest BCUT2D eigenvalue weighted by Gasteiger charge is 2.19. The molecular formula is C19H16N4O5S. The molecule has 0 unspecified atom stereocenters. The molecule has 0 radical (unpaired) electrons. The first-order valence-electron chi connectivity index (χ1n) is 8.76. The standard InChI is InChI=1S/C19H16N4O5S/c20-6-2-7-23(10-14-3-1-8-25-14)17(24)11-29-19-22-21-18(28-19)13-4-5-15-16(9-13)27-12-26-15/h1,3-5,8-9H,2,7,10-12H2. The van der Waals surface area contributed by atoms with Crippen molar-refractivity contribution < 1.29 is 23.1 Å². The molecule has 148 valence electrons. The fraction of sp³-hybridized carbons (Fsp3) is 0.263. The SMILES string of the molecule is N#CCCN(Cc1ccco1)C(=O)CSc1nnc(-c2ccc3c(c2)OCO3)o1. The van der Waals surface area contributed by atoms with Crippen LogP contribution in [0.3, 0.4) is 0 Å². The number of hydrogen-bond acceptors (Lipinski definition) is 9. The lowest BCUT2D eigenvalue weighted by Gasteiger charge is -2.19. The lowest BCUT2D eigenvalue weighted by molar-refractivity contribution is -0.129. The number of furan rings is 1. The van der Waals surface area contributed by atoms with Crippen LogP contribution < -0.4 is 9.47 Å². The van der Waals surface area contributed by atoms with Crippen molar-refractivity contribution in [2.75, 3.05) is 19.1 Å². The van der Waals surface area contributed by atoms with E-state index < -0.39 is 0 Å². The number of nitriles is 1. The van der Waals surface area contributed by atoms with Crippen LogP contribution in [0.4, 0.5) is 0 Å². The highest BCUT2D eigenvalue weighted by atomic mass is 32.2. The molecule has 0 N–H and O–H groups in total. The molecule has 0 atom stereocenters. The molecule has 4 rings (SSSR count). The van der Waals surface area contributed by atoms with Gasteiger partial charge in [0.2, 0.25) is 18.6 Å². The zero-order chi connectivity index (χ0) is 20.1. The van der Waals surface area contributed by atoms with E-state index in [1.165, 1.54) is 0 Å². The van der Waals surface area contributed by atoms with Gasteiger partial charge in [0.05, 0.1) is 31.1 Å². The van der Waals surface area contributed by atoms with Crippen molar-refractivity contribution >= 4 is 17.7 Å². The quantitative estimate of drug-likeness (QED) is 0.515. The summed E-state index contributed by atoms with van der Waals surface area (Å²) >= 11 is 1.14. The summed E-state index contributed by atoms with van der Waals surface area (Å²) in [6.45, 7) is 0.815. The van der Waals surface area contributed by atoms with Crippen LogP contribution in [-0.2, 0) is 11.3 Å². The summed E-state index contributed by atoms with van der Waals surface area (Å²) in [6, 6.07) is 10.9. The molecule has 3 heterocycles. The average molecular weight is 412 g/mol. The largest absolute Gasteiger partial charge is 0.467 e. The number of amides is 1. The number of aromatic nitrogens is 2. The van der Waals surface area contributed by atoms with Gasteiger partial charge in [0, 0.05) is 12.1 Å². The zero-order valence-corrected chi connectivity index (χ0v) is 16.1. The molecule has 1 aliphatic rings. The van der Waals surface area contributed by atoms with Crippen molar-refractivity contribution in [2.24, 2.45) is 0 Å². The van der Waals surface area contributed by atoms with Crippen LogP contribution in [0.5, 0.6) is 11.5 Å². The van der Waals surface area contributed by atoms with Crippen LogP contribution in [0.15, 0.2) is 50.7 Å². The van der Waals surface area contributed by atoms with Gasteiger partial charge in [0.1, 0.15) is 5.76 Å². The Bertz CT molecular complexity index is 1030. The maximum atomic E-state index is 12.6. The van der Waals surface area contributed by atoms with Gasteiger partial charge < -0.3 is 23.2 Å². The van der Waals surface area contributed by atoms with E-state index in [1.807, 2.05) is 0 Å². The maximum absolute atomic E-state index is 12.6. The van der Waals surface area contributed by atoms with Gasteiger partial charge in [-0.05, 0) is 30.3 Å². The number of thioether (sulfide) groups is 1. The molecule has 3 aromatic rings. The summed E-state index contributed by atoms with van der Waals surface area (Å²) in [5, 5.41) is 17.1. The van der Waals surface area contributed by atoms with E-state index in [9.17, 15) is 4.79 Å². The summed E-state index contributed by atoms with van der Waals surface area (Å²) in [5.41, 5.74) is 0.702. The minimum absolute atomic E-state index is 0.106. The molecule has 2 aromatic heterocycles. The molecule has 1 amide bonds. The molecule has 10 heteroatoms. The van der Waals surface area contributed by atoms with Crippen LogP contribution in [0, 0.1) is 11.3 Å². The first-order valence-corrected chi connectivity index (χ1v) is 9.75. The number of ether oxygens (including phenoxy) is 2. The van der Waals surface area contributed by atoms with Crippen molar-refractivity contribution in [3.63, 3.8) is 0 Å². The first kappa shape index (κ1) is 18.9. The molecule has 0 saturated heterocycles. The van der Waals surface area contributed by atoms with Gasteiger partial charge in [-0.2, -0.15) is 5.26 Å². The smallest absolute Gasteiger partial charge is 0.277 e. The normalized spacial score (nSPS) is 12.0. The van der Waals surface area contributed by atoms with Gasteiger partial charge in [-0.3, -0.25) is 4.79 Å². The lowest BCUT2D eigenvalue weighted by Crippen LogP contribution is -2.32. The minimum atomic E-state index is -0.149. The summed E-state index contributed by atoms with van der Waals surface area (Å²) in [5.74, 6) is 2.23. The van der Waals surface area contributed by atoms with E-state index in [4.69, 9.17) is 23.6 Å². The Labute approximate surface area is 170 Å². The highest BCUT2D eigenvalue weighted by molar-refractivity contribution is 7.99. The Morgan fingerprint density at radius 3 is 2.97 bits per heavy atom. The summed E-state index contributed by atoms with van der Waals surface area (Å²) in [6.07, 6.45) is 1.79. The number of nitrogens with zero attached hydrogens (tertiary/aromatic N) is 4. The molecule has 0 saturated carbocycles. The Balaban J connectivity index is 1.38. The van der Waals surface area contributed by atoms with E-state index in [1.54, 1.807) is 41.5 Å². The molecule has 29 heavy (non-hydrogen) atoms. The lowest BCUT2D eigenvalue weighted by atomic mass is 10.2. The number of carbonyl (C=O) groups excluding carboxylic acids is 1. The van der Waals surface area contributed by atoms with Crippen molar-refractivity contribution in [2.45, 2.75) is 18.2 Å². The van der Waals surface area contributed by atoms with Gasteiger partial charge in [0.15, 0.2) is 11.5 Å². The van der Waals surface area contributed by atoms with Crippen molar-refractivity contribution in [3.05, 3.63) is 42.4 Å². The molecule has 0 bridgehead atoms. The third-order valence-electron chi connectivity index (χ3n) is 4.12. The van der Waals surface area contributed by atoms with Crippen LogP contribution in [0.25, 0.3) is 11.5 Å². The van der Waals surface area contributed by atoms with Crippen LogP contribution in [-0.4, -0.2) is 40.1 Å². The third-order valence-corrected chi connectivity index (χ3v) is 4.92. The number of benzene rings is 1. The topological polar surface area (TPSA) is 115 Å². The fourth-order valence-corrected chi connectivity index (χ4v) is 3.36. The van der Waals surface area contributed by atoms with Gasteiger partial charge in [-0.25, -0.2) is 0 Å². The zero-order valence-electron chi connectivity index (χ0n) is 15.2. The number of fused-ring (bicyclic) bond motifs is 1. The van der Waals surface area contributed by atoms with Crippen molar-refractivity contribution in [1.82, 2.24) is 15.1 Å². The Hall–Kier alpha value is -3.45. The maximum Gasteiger partial charge on any atom is 0.277 e. The number of hydrogen-bond donors (Lipinski definition) is 0. The summed E-state index contributed by atoms with van der Waals surface area (Å²) < 4.78 is 21.6. The predicted molar refractivity (Wildman–Crippen MR) is 101 cm³/mol.